The van der Waals surface area contributed by atoms with E-state index >= 15 is 0 Å². The smallest absolute Gasteiger partial charge is 0.296 e. The SMILES string of the molecule is O=C1C[C@@H](Nc2nc3ccccc3o2)[C@H](c2cccnc2)N1C1CC1. The molecule has 2 fully saturated rings. The van der Waals surface area contributed by atoms with Gasteiger partial charge in [0, 0.05) is 24.9 Å². The van der Waals surface area contributed by atoms with Crippen molar-refractivity contribution in [1.82, 2.24) is 14.9 Å². The van der Waals surface area contributed by atoms with Crippen molar-refractivity contribution in [2.24, 2.45) is 0 Å². The van der Waals surface area contributed by atoms with Crippen LogP contribution in [0.2, 0.25) is 0 Å². The maximum absolute atomic E-state index is 12.6. The molecule has 0 bridgehead atoms. The van der Waals surface area contributed by atoms with Crippen molar-refractivity contribution in [3.63, 3.8) is 0 Å². The summed E-state index contributed by atoms with van der Waals surface area (Å²) in [6, 6.07) is 12.3. The standard InChI is InChI=1S/C19H18N4O2/c24-17-10-15(22-19-21-14-5-1-2-6-16(14)25-19)18(23(17)13-7-8-13)12-4-3-9-20-11-12/h1-6,9,11,13,15,18H,7-8,10H2,(H,21,22)/t15-,18+/m1/s1. The molecule has 1 aromatic carbocycles. The zero-order chi connectivity index (χ0) is 16.8. The Kier molecular flexibility index (Phi) is 3.23. The number of aromatic nitrogens is 2. The average molecular weight is 334 g/mol. The van der Waals surface area contributed by atoms with Crippen LogP contribution in [0.5, 0.6) is 0 Å². The maximum atomic E-state index is 12.6. The number of hydrogen-bond donors (Lipinski definition) is 1. The summed E-state index contributed by atoms with van der Waals surface area (Å²) in [5.74, 6) is 0.185. The highest BCUT2D eigenvalue weighted by Gasteiger charge is 2.47. The predicted octanol–water partition coefficient (Wildman–Crippen LogP) is 3.14. The van der Waals surface area contributed by atoms with E-state index in [9.17, 15) is 4.79 Å². The number of oxazole rings is 1. The Bertz CT molecular complexity index is 886. The highest BCUT2D eigenvalue weighted by molar-refractivity contribution is 5.82. The number of nitrogens with zero attached hydrogens (tertiary/aromatic N) is 3. The number of amides is 1. The van der Waals surface area contributed by atoms with Crippen molar-refractivity contribution in [1.29, 1.82) is 0 Å². The molecule has 3 aromatic rings. The molecule has 25 heavy (non-hydrogen) atoms. The van der Waals surface area contributed by atoms with Crippen LogP contribution < -0.4 is 5.32 Å². The minimum atomic E-state index is -0.0784. The van der Waals surface area contributed by atoms with Gasteiger partial charge in [0.2, 0.25) is 5.91 Å². The molecule has 5 rings (SSSR count). The van der Waals surface area contributed by atoms with Crippen LogP contribution in [0.25, 0.3) is 11.1 Å². The van der Waals surface area contributed by atoms with E-state index in [4.69, 9.17) is 4.42 Å². The summed E-state index contributed by atoms with van der Waals surface area (Å²) in [5, 5.41) is 3.35. The third-order valence-electron chi connectivity index (χ3n) is 4.93. The molecule has 0 unspecified atom stereocenters. The summed E-state index contributed by atoms with van der Waals surface area (Å²) in [4.78, 5) is 23.4. The van der Waals surface area contributed by atoms with Crippen LogP contribution in [0.4, 0.5) is 6.01 Å². The first-order valence-electron chi connectivity index (χ1n) is 8.63. The zero-order valence-electron chi connectivity index (χ0n) is 13.6. The van der Waals surface area contributed by atoms with Gasteiger partial charge in [0.15, 0.2) is 5.58 Å². The lowest BCUT2D eigenvalue weighted by Gasteiger charge is -2.28. The van der Waals surface area contributed by atoms with E-state index in [2.05, 4.69) is 15.3 Å². The van der Waals surface area contributed by atoms with Gasteiger partial charge in [-0.25, -0.2) is 0 Å². The lowest BCUT2D eigenvalue weighted by atomic mass is 10.0. The Hall–Kier alpha value is -2.89. The van der Waals surface area contributed by atoms with Crippen molar-refractivity contribution in [3.05, 3.63) is 54.4 Å². The van der Waals surface area contributed by atoms with Gasteiger partial charge in [-0.05, 0) is 36.6 Å². The molecular weight excluding hydrogens is 316 g/mol. The molecule has 0 spiro atoms. The third kappa shape index (κ3) is 2.54. The molecule has 1 amide bonds. The van der Waals surface area contributed by atoms with Gasteiger partial charge in [-0.15, -0.1) is 0 Å². The molecule has 1 N–H and O–H groups in total. The molecule has 1 aliphatic carbocycles. The Morgan fingerprint density at radius 2 is 2.04 bits per heavy atom. The van der Waals surface area contributed by atoms with Crippen LogP contribution in [0.3, 0.4) is 0 Å². The second-order valence-electron chi connectivity index (χ2n) is 6.71. The number of rotatable bonds is 4. The Morgan fingerprint density at radius 3 is 2.80 bits per heavy atom. The fraction of sp³-hybridized carbons (Fsp3) is 0.316. The Morgan fingerprint density at radius 1 is 1.16 bits per heavy atom. The molecule has 3 heterocycles. The molecule has 6 heteroatoms. The summed E-state index contributed by atoms with van der Waals surface area (Å²) in [6.07, 6.45) is 6.20. The Balaban J connectivity index is 1.48. The normalized spacial score (nSPS) is 23.4. The summed E-state index contributed by atoms with van der Waals surface area (Å²) < 4.78 is 5.79. The van der Waals surface area contributed by atoms with Crippen LogP contribution >= 0.6 is 0 Å². The van der Waals surface area contributed by atoms with Crippen LogP contribution in [-0.4, -0.2) is 32.9 Å². The number of hydrogen-bond acceptors (Lipinski definition) is 5. The molecular formula is C19H18N4O2. The van der Waals surface area contributed by atoms with Crippen LogP contribution in [0, 0.1) is 0 Å². The number of likely N-dealkylation sites (tertiary alicyclic amines) is 1. The monoisotopic (exact) mass is 334 g/mol. The lowest BCUT2D eigenvalue weighted by molar-refractivity contribution is -0.129. The van der Waals surface area contributed by atoms with E-state index in [1.54, 1.807) is 6.20 Å². The van der Waals surface area contributed by atoms with Crippen molar-refractivity contribution in [3.8, 4) is 0 Å². The van der Waals surface area contributed by atoms with Crippen molar-refractivity contribution < 1.29 is 9.21 Å². The van der Waals surface area contributed by atoms with E-state index in [0.717, 1.165) is 29.5 Å². The number of benzene rings is 1. The van der Waals surface area contributed by atoms with Crippen molar-refractivity contribution >= 4 is 23.0 Å². The van der Waals surface area contributed by atoms with Gasteiger partial charge in [0.1, 0.15) is 5.52 Å². The molecule has 2 aromatic heterocycles. The van der Waals surface area contributed by atoms with Crippen molar-refractivity contribution in [2.75, 3.05) is 5.32 Å². The largest absolute Gasteiger partial charge is 0.424 e. The minimum absolute atomic E-state index is 0.0382. The van der Waals surface area contributed by atoms with Gasteiger partial charge < -0.3 is 14.6 Å². The highest BCUT2D eigenvalue weighted by atomic mass is 16.4. The van der Waals surface area contributed by atoms with E-state index in [1.807, 2.05) is 47.5 Å². The maximum Gasteiger partial charge on any atom is 0.296 e. The first-order chi connectivity index (χ1) is 12.3. The summed E-state index contributed by atoms with van der Waals surface area (Å²) >= 11 is 0. The molecule has 2 atom stereocenters. The van der Waals surface area contributed by atoms with Gasteiger partial charge in [0.25, 0.3) is 6.01 Å². The summed E-state index contributed by atoms with van der Waals surface area (Å²) in [5.41, 5.74) is 2.60. The van der Waals surface area contributed by atoms with E-state index in [0.29, 0.717) is 18.5 Å². The zero-order valence-corrected chi connectivity index (χ0v) is 13.6. The van der Waals surface area contributed by atoms with Gasteiger partial charge in [-0.2, -0.15) is 4.98 Å². The summed E-state index contributed by atoms with van der Waals surface area (Å²) in [7, 11) is 0. The van der Waals surface area contributed by atoms with Crippen LogP contribution in [0.1, 0.15) is 30.9 Å². The molecule has 6 nitrogen and oxygen atoms in total. The average Bonchev–Trinajstić information content (AvgIpc) is 3.30. The molecule has 1 saturated carbocycles. The third-order valence-corrected chi connectivity index (χ3v) is 4.93. The van der Waals surface area contributed by atoms with Gasteiger partial charge in [-0.3, -0.25) is 9.78 Å². The molecule has 1 saturated heterocycles. The Labute approximate surface area is 144 Å². The number of para-hydroxylation sites is 2. The van der Waals surface area contributed by atoms with E-state index in [-0.39, 0.29) is 18.0 Å². The number of nitrogens with one attached hydrogen (secondary N) is 1. The van der Waals surface area contributed by atoms with Crippen LogP contribution in [0.15, 0.2) is 53.2 Å². The van der Waals surface area contributed by atoms with E-state index < -0.39 is 0 Å². The number of anilines is 1. The fourth-order valence-corrected chi connectivity index (χ4v) is 3.70. The molecule has 126 valence electrons. The van der Waals surface area contributed by atoms with Gasteiger partial charge >= 0.3 is 0 Å². The lowest BCUT2D eigenvalue weighted by Crippen LogP contribution is -2.34. The first-order valence-corrected chi connectivity index (χ1v) is 8.63. The molecule has 1 aliphatic heterocycles. The first kappa shape index (κ1) is 14.5. The number of carbonyl (C=O) groups is 1. The molecule has 0 radical (unpaired) electrons. The number of fused-ring (bicyclic) bond motifs is 1. The highest BCUT2D eigenvalue weighted by Crippen LogP contribution is 2.42. The number of carbonyl (C=O) groups excluding carboxylic acids is 1. The quantitative estimate of drug-likeness (QED) is 0.793. The predicted molar refractivity (Wildman–Crippen MR) is 92.9 cm³/mol. The topological polar surface area (TPSA) is 71.3 Å². The summed E-state index contributed by atoms with van der Waals surface area (Å²) in [6.45, 7) is 0. The van der Waals surface area contributed by atoms with Crippen molar-refractivity contribution in [2.45, 2.75) is 37.4 Å². The second-order valence-corrected chi connectivity index (χ2v) is 6.71. The minimum Gasteiger partial charge on any atom is -0.424 e. The number of pyridine rings is 1. The van der Waals surface area contributed by atoms with Crippen LogP contribution in [-0.2, 0) is 4.79 Å². The van der Waals surface area contributed by atoms with Gasteiger partial charge in [-0.1, -0.05) is 18.2 Å². The van der Waals surface area contributed by atoms with E-state index in [1.165, 1.54) is 0 Å². The fourth-order valence-electron chi connectivity index (χ4n) is 3.70. The molecule has 2 aliphatic rings. The second kappa shape index (κ2) is 5.58. The van der Waals surface area contributed by atoms with Gasteiger partial charge in [0.05, 0.1) is 12.1 Å².